The van der Waals surface area contributed by atoms with Crippen LogP contribution in [-0.4, -0.2) is 32.7 Å². The fraction of sp³-hybridized carbons (Fsp3) is 0.533. The Morgan fingerprint density at radius 1 is 1.53 bits per heavy atom. The smallest absolute Gasteiger partial charge is 0.255 e. The van der Waals surface area contributed by atoms with Gasteiger partial charge in [0.15, 0.2) is 0 Å². The average molecular weight is 262 g/mol. The number of rotatable bonds is 5. The second-order valence-corrected chi connectivity index (χ2v) is 4.96. The number of nitrogens with one attached hydrogen (secondary N) is 2. The van der Waals surface area contributed by atoms with Gasteiger partial charge in [-0.15, -0.1) is 0 Å². The molecule has 104 valence electrons. The predicted octanol–water partition coefficient (Wildman–Crippen LogP) is 1.60. The average Bonchev–Trinajstić information content (AvgIpc) is 2.97. The Labute approximate surface area is 114 Å². The topological polar surface area (TPSA) is 50.4 Å². The molecule has 1 fully saturated rings. The molecule has 2 rings (SSSR count). The first-order valence-corrected chi connectivity index (χ1v) is 6.90. The van der Waals surface area contributed by atoms with E-state index >= 15 is 0 Å². The third-order valence-corrected chi connectivity index (χ3v) is 3.63. The highest BCUT2D eigenvalue weighted by molar-refractivity contribution is 5.97. The molecule has 0 saturated carbocycles. The zero-order valence-electron chi connectivity index (χ0n) is 11.7. The maximum atomic E-state index is 12.2. The SMILES string of the molecule is CCc1ccc(OC)c(C(=O)NCC2CCNC2)c1. The fourth-order valence-electron chi connectivity index (χ4n) is 2.37. The van der Waals surface area contributed by atoms with Crippen molar-refractivity contribution < 1.29 is 9.53 Å². The van der Waals surface area contributed by atoms with E-state index in [4.69, 9.17) is 4.74 Å². The molecule has 0 bridgehead atoms. The van der Waals surface area contributed by atoms with Crippen LogP contribution in [0.1, 0.15) is 29.3 Å². The summed E-state index contributed by atoms with van der Waals surface area (Å²) >= 11 is 0. The van der Waals surface area contributed by atoms with Crippen LogP contribution >= 0.6 is 0 Å². The van der Waals surface area contributed by atoms with Gasteiger partial charge in [-0.05, 0) is 49.5 Å². The molecule has 4 heteroatoms. The molecule has 1 heterocycles. The monoisotopic (exact) mass is 262 g/mol. The highest BCUT2D eigenvalue weighted by Gasteiger charge is 2.17. The lowest BCUT2D eigenvalue weighted by Crippen LogP contribution is -2.30. The highest BCUT2D eigenvalue weighted by Crippen LogP contribution is 2.20. The maximum absolute atomic E-state index is 12.2. The van der Waals surface area contributed by atoms with Gasteiger partial charge in [-0.25, -0.2) is 0 Å². The van der Waals surface area contributed by atoms with Gasteiger partial charge in [0.25, 0.3) is 5.91 Å². The van der Waals surface area contributed by atoms with E-state index in [-0.39, 0.29) is 5.91 Å². The number of hydrogen-bond acceptors (Lipinski definition) is 3. The van der Waals surface area contributed by atoms with Gasteiger partial charge < -0.3 is 15.4 Å². The normalized spacial score (nSPS) is 18.3. The largest absolute Gasteiger partial charge is 0.496 e. The first kappa shape index (κ1) is 13.9. The first-order chi connectivity index (χ1) is 9.24. The van der Waals surface area contributed by atoms with Crippen LogP contribution in [0, 0.1) is 5.92 Å². The number of methoxy groups -OCH3 is 1. The van der Waals surface area contributed by atoms with Gasteiger partial charge >= 0.3 is 0 Å². The van der Waals surface area contributed by atoms with Gasteiger partial charge in [0.1, 0.15) is 5.75 Å². The van der Waals surface area contributed by atoms with E-state index in [0.29, 0.717) is 17.2 Å². The third-order valence-electron chi connectivity index (χ3n) is 3.63. The quantitative estimate of drug-likeness (QED) is 0.847. The van der Waals surface area contributed by atoms with E-state index in [1.807, 2.05) is 18.2 Å². The minimum Gasteiger partial charge on any atom is -0.496 e. The minimum absolute atomic E-state index is 0.0425. The highest BCUT2D eigenvalue weighted by atomic mass is 16.5. The zero-order chi connectivity index (χ0) is 13.7. The van der Waals surface area contributed by atoms with Crippen molar-refractivity contribution in [1.82, 2.24) is 10.6 Å². The molecule has 1 aromatic carbocycles. The van der Waals surface area contributed by atoms with Crippen LogP contribution in [-0.2, 0) is 6.42 Å². The van der Waals surface area contributed by atoms with E-state index in [2.05, 4.69) is 17.6 Å². The number of carbonyl (C=O) groups excluding carboxylic acids is 1. The lowest BCUT2D eigenvalue weighted by molar-refractivity contribution is 0.0945. The summed E-state index contributed by atoms with van der Waals surface area (Å²) < 4.78 is 5.26. The van der Waals surface area contributed by atoms with Crippen molar-refractivity contribution in [3.63, 3.8) is 0 Å². The molecule has 1 atom stereocenters. The summed E-state index contributed by atoms with van der Waals surface area (Å²) in [5.74, 6) is 1.14. The van der Waals surface area contributed by atoms with E-state index in [0.717, 1.165) is 38.0 Å². The van der Waals surface area contributed by atoms with Gasteiger partial charge in [-0.1, -0.05) is 13.0 Å². The lowest BCUT2D eigenvalue weighted by atomic mass is 10.1. The number of ether oxygens (including phenoxy) is 1. The van der Waals surface area contributed by atoms with Crippen molar-refractivity contribution in [3.8, 4) is 5.75 Å². The maximum Gasteiger partial charge on any atom is 0.255 e. The summed E-state index contributed by atoms with van der Waals surface area (Å²) in [6.45, 7) is 4.85. The zero-order valence-corrected chi connectivity index (χ0v) is 11.7. The summed E-state index contributed by atoms with van der Waals surface area (Å²) in [5.41, 5.74) is 1.78. The van der Waals surface area contributed by atoms with Crippen molar-refractivity contribution in [2.45, 2.75) is 19.8 Å². The summed E-state index contributed by atoms with van der Waals surface area (Å²) in [6, 6.07) is 5.78. The molecule has 2 N–H and O–H groups in total. The molecule has 4 nitrogen and oxygen atoms in total. The number of aryl methyl sites for hydroxylation is 1. The molecule has 1 amide bonds. The van der Waals surface area contributed by atoms with Crippen LogP contribution in [0.4, 0.5) is 0 Å². The lowest BCUT2D eigenvalue weighted by Gasteiger charge is -2.13. The number of hydrogen-bond donors (Lipinski definition) is 2. The number of carbonyl (C=O) groups is 1. The molecule has 1 saturated heterocycles. The van der Waals surface area contributed by atoms with Crippen molar-refractivity contribution in [1.29, 1.82) is 0 Å². The van der Waals surface area contributed by atoms with Crippen molar-refractivity contribution >= 4 is 5.91 Å². The van der Waals surface area contributed by atoms with Gasteiger partial charge in [0, 0.05) is 6.54 Å². The fourth-order valence-corrected chi connectivity index (χ4v) is 2.37. The molecule has 1 aliphatic heterocycles. The van der Waals surface area contributed by atoms with Crippen LogP contribution in [0.15, 0.2) is 18.2 Å². The molecule has 0 spiro atoms. The Kier molecular flexibility index (Phi) is 4.80. The predicted molar refractivity (Wildman–Crippen MR) is 75.7 cm³/mol. The van der Waals surface area contributed by atoms with E-state index in [1.54, 1.807) is 7.11 Å². The molecule has 0 radical (unpaired) electrons. The Morgan fingerprint density at radius 2 is 2.37 bits per heavy atom. The van der Waals surface area contributed by atoms with Gasteiger partial charge in [-0.2, -0.15) is 0 Å². The van der Waals surface area contributed by atoms with Crippen LogP contribution < -0.4 is 15.4 Å². The number of benzene rings is 1. The van der Waals surface area contributed by atoms with Gasteiger partial charge in [-0.3, -0.25) is 4.79 Å². The van der Waals surface area contributed by atoms with Crippen LogP contribution in [0.2, 0.25) is 0 Å². The number of amides is 1. The Balaban J connectivity index is 2.03. The molecule has 1 aliphatic rings. The second kappa shape index (κ2) is 6.57. The summed E-state index contributed by atoms with van der Waals surface area (Å²) in [7, 11) is 1.60. The van der Waals surface area contributed by atoms with Crippen LogP contribution in [0.5, 0.6) is 5.75 Å². The molecule has 1 aromatic rings. The van der Waals surface area contributed by atoms with Crippen molar-refractivity contribution in [2.24, 2.45) is 5.92 Å². The molecular formula is C15H22N2O2. The second-order valence-electron chi connectivity index (χ2n) is 4.96. The standard InChI is InChI=1S/C15H22N2O2/c1-3-11-4-5-14(19-2)13(8-11)15(18)17-10-12-6-7-16-9-12/h4-5,8,12,16H,3,6-7,9-10H2,1-2H3,(H,17,18). The first-order valence-electron chi connectivity index (χ1n) is 6.90. The van der Waals surface area contributed by atoms with E-state index < -0.39 is 0 Å². The summed E-state index contributed by atoms with van der Waals surface area (Å²) in [6.07, 6.45) is 2.04. The van der Waals surface area contributed by atoms with Crippen molar-refractivity contribution in [3.05, 3.63) is 29.3 Å². The molecule has 1 unspecified atom stereocenters. The Morgan fingerprint density at radius 3 is 3.00 bits per heavy atom. The minimum atomic E-state index is -0.0425. The summed E-state index contributed by atoms with van der Waals surface area (Å²) in [4.78, 5) is 12.2. The van der Waals surface area contributed by atoms with Gasteiger partial charge in [0.05, 0.1) is 12.7 Å². The Bertz CT molecular complexity index is 440. The summed E-state index contributed by atoms with van der Waals surface area (Å²) in [5, 5.41) is 6.31. The molecule has 19 heavy (non-hydrogen) atoms. The Hall–Kier alpha value is -1.55. The molecular weight excluding hydrogens is 240 g/mol. The van der Waals surface area contributed by atoms with E-state index in [9.17, 15) is 4.79 Å². The van der Waals surface area contributed by atoms with Gasteiger partial charge in [0.2, 0.25) is 0 Å². The van der Waals surface area contributed by atoms with Crippen LogP contribution in [0.25, 0.3) is 0 Å². The third kappa shape index (κ3) is 3.47. The van der Waals surface area contributed by atoms with Crippen molar-refractivity contribution in [2.75, 3.05) is 26.7 Å². The van der Waals surface area contributed by atoms with Crippen LogP contribution in [0.3, 0.4) is 0 Å². The molecule has 0 aliphatic carbocycles. The van der Waals surface area contributed by atoms with E-state index in [1.165, 1.54) is 0 Å². The molecule has 0 aromatic heterocycles.